The van der Waals surface area contributed by atoms with Crippen LogP contribution in [0.2, 0.25) is 0 Å². The van der Waals surface area contributed by atoms with Gasteiger partial charge in [-0.3, -0.25) is 9.59 Å². The lowest BCUT2D eigenvalue weighted by Crippen LogP contribution is -2.42. The molecule has 8 rings (SSSR count). The van der Waals surface area contributed by atoms with Gasteiger partial charge in [0.05, 0.1) is 50.1 Å². The average Bonchev–Trinajstić information content (AvgIpc) is 4.17. The van der Waals surface area contributed by atoms with Gasteiger partial charge in [0.25, 0.3) is 11.8 Å². The van der Waals surface area contributed by atoms with Gasteiger partial charge in [-0.05, 0) is 59.1 Å². The van der Waals surface area contributed by atoms with E-state index < -0.39 is 24.3 Å². The Hall–Kier alpha value is -7.48. The van der Waals surface area contributed by atoms with Crippen LogP contribution < -0.4 is 10.6 Å². The smallest absolute Gasteiger partial charge is 0.407 e. The van der Waals surface area contributed by atoms with E-state index in [2.05, 4.69) is 42.7 Å². The van der Waals surface area contributed by atoms with E-state index >= 15 is 0 Å². The van der Waals surface area contributed by atoms with Crippen LogP contribution >= 0.6 is 0 Å². The maximum atomic E-state index is 13.9. The van der Waals surface area contributed by atoms with Crippen molar-refractivity contribution in [3.05, 3.63) is 155 Å². The first-order chi connectivity index (χ1) is 30.3. The normalized spacial score (nSPS) is 17.1. The molecule has 4 heterocycles. The Bertz CT molecular complexity index is 2340. The fraction of sp³-hybridized carbons (Fsp3) is 0.250. The summed E-state index contributed by atoms with van der Waals surface area (Å²) in [5, 5.41) is 5.42. The summed E-state index contributed by atoms with van der Waals surface area (Å²) in [6.07, 6.45) is 9.50. The van der Waals surface area contributed by atoms with Gasteiger partial charge in [0.2, 0.25) is 0 Å². The van der Waals surface area contributed by atoms with Crippen molar-refractivity contribution in [2.45, 2.75) is 49.9 Å². The van der Waals surface area contributed by atoms with Gasteiger partial charge in [0, 0.05) is 13.1 Å². The van der Waals surface area contributed by atoms with E-state index in [0.717, 1.165) is 59.3 Å². The molecule has 2 saturated heterocycles. The molecule has 62 heavy (non-hydrogen) atoms. The summed E-state index contributed by atoms with van der Waals surface area (Å²) in [5.74, 6) is 0.976. The maximum absolute atomic E-state index is 13.9. The zero-order valence-corrected chi connectivity index (χ0v) is 34.5. The SMILES string of the molecule is COC(=O)NC(C(=O)N1CCCC1c1ncc(-c2ccc(/C=C/c3ccc(-c4cnc(C5CCCN5C(=O)C(NC(=O)OC)c5ccccc5)[nH]4)cc3)cc2)[nH]1)c1ccccc1. The van der Waals surface area contributed by atoms with E-state index in [1.165, 1.54) is 14.2 Å². The van der Waals surface area contributed by atoms with Gasteiger partial charge in [-0.15, -0.1) is 0 Å². The molecule has 2 fully saturated rings. The molecule has 4 atom stereocenters. The second-order valence-corrected chi connectivity index (χ2v) is 15.3. The zero-order chi connectivity index (χ0) is 43.0. The van der Waals surface area contributed by atoms with Gasteiger partial charge >= 0.3 is 12.2 Å². The Kier molecular flexibility index (Phi) is 12.5. The quantitative estimate of drug-likeness (QED) is 0.0894. The molecule has 4 aromatic carbocycles. The Morgan fingerprint density at radius 3 is 1.35 bits per heavy atom. The number of rotatable bonds is 12. The average molecular weight is 833 g/mol. The number of ether oxygens (including phenoxy) is 2. The number of likely N-dealkylation sites (tertiary alicyclic amines) is 2. The Labute approximate surface area is 359 Å². The van der Waals surface area contributed by atoms with Gasteiger partial charge in [-0.2, -0.15) is 0 Å². The van der Waals surface area contributed by atoms with Gasteiger partial charge in [-0.1, -0.05) is 121 Å². The monoisotopic (exact) mass is 832 g/mol. The largest absolute Gasteiger partial charge is 0.453 e. The number of nitrogens with zero attached hydrogens (tertiary/aromatic N) is 4. The highest BCUT2D eigenvalue weighted by molar-refractivity contribution is 5.88. The first-order valence-electron chi connectivity index (χ1n) is 20.7. The molecular formula is C48H48N8O6. The van der Waals surface area contributed by atoms with E-state index in [1.807, 2.05) is 109 Å². The standard InChI is InChI=1S/C48H48N8O6/c1-61-47(59)53-41(35-11-5-3-6-12-35)45(57)55-27-9-15-39(55)43-49-29-37(51-43)33-23-19-31(20-24-33)17-18-32-21-25-34(26-22-32)38-30-50-44(52-38)40-16-10-28-56(40)46(58)42(54-48(60)62-2)36-13-7-4-8-14-36/h3-8,11-14,17-26,29-30,39-42H,9-10,15-16,27-28H2,1-2H3,(H,49,51)(H,50,52)(H,53,59)(H,54,60)/b18-17+. The number of benzene rings is 4. The van der Waals surface area contributed by atoms with Gasteiger partial charge in [0.1, 0.15) is 23.7 Å². The minimum atomic E-state index is -0.880. The van der Waals surface area contributed by atoms with Crippen molar-refractivity contribution < 1.29 is 28.7 Å². The molecule has 2 aromatic heterocycles. The van der Waals surface area contributed by atoms with Crippen molar-refractivity contribution >= 4 is 36.2 Å². The summed E-state index contributed by atoms with van der Waals surface area (Å²) in [6.45, 7) is 1.11. The highest BCUT2D eigenvalue weighted by atomic mass is 16.5. The van der Waals surface area contributed by atoms with Crippen molar-refractivity contribution in [1.29, 1.82) is 0 Å². The van der Waals surface area contributed by atoms with Crippen LogP contribution in [0.3, 0.4) is 0 Å². The molecule has 4 amide bonds. The lowest BCUT2D eigenvalue weighted by Gasteiger charge is -2.28. The molecular weight excluding hydrogens is 785 g/mol. The molecule has 4 unspecified atom stereocenters. The minimum Gasteiger partial charge on any atom is -0.453 e. The van der Waals surface area contributed by atoms with Crippen LogP contribution in [0.15, 0.2) is 122 Å². The fourth-order valence-corrected chi connectivity index (χ4v) is 8.23. The molecule has 0 radical (unpaired) electrons. The molecule has 0 aliphatic carbocycles. The Morgan fingerprint density at radius 1 is 0.597 bits per heavy atom. The predicted molar refractivity (Wildman–Crippen MR) is 234 cm³/mol. The lowest BCUT2D eigenvalue weighted by atomic mass is 10.0. The second kappa shape index (κ2) is 18.8. The molecule has 316 valence electrons. The minimum absolute atomic E-state index is 0.213. The topological polar surface area (TPSA) is 175 Å². The van der Waals surface area contributed by atoms with E-state index in [-0.39, 0.29) is 23.9 Å². The van der Waals surface area contributed by atoms with Crippen molar-refractivity contribution in [2.75, 3.05) is 27.3 Å². The third-order valence-corrected chi connectivity index (χ3v) is 11.5. The molecule has 6 aromatic rings. The van der Waals surface area contributed by atoms with E-state index in [9.17, 15) is 19.2 Å². The van der Waals surface area contributed by atoms with Crippen LogP contribution in [0.5, 0.6) is 0 Å². The number of methoxy groups -OCH3 is 2. The van der Waals surface area contributed by atoms with Crippen LogP contribution in [0.1, 0.15) is 83.8 Å². The van der Waals surface area contributed by atoms with Crippen LogP contribution in [-0.2, 0) is 19.1 Å². The lowest BCUT2D eigenvalue weighted by molar-refractivity contribution is -0.135. The van der Waals surface area contributed by atoms with E-state index in [4.69, 9.17) is 9.47 Å². The van der Waals surface area contributed by atoms with Crippen LogP contribution in [0.25, 0.3) is 34.7 Å². The van der Waals surface area contributed by atoms with Gasteiger partial charge in [0.15, 0.2) is 0 Å². The van der Waals surface area contributed by atoms with Crippen molar-refractivity contribution in [2.24, 2.45) is 0 Å². The fourth-order valence-electron chi connectivity index (χ4n) is 8.23. The third-order valence-electron chi connectivity index (χ3n) is 11.5. The number of aromatic amines is 2. The van der Waals surface area contributed by atoms with Crippen LogP contribution in [0, 0.1) is 0 Å². The first-order valence-corrected chi connectivity index (χ1v) is 20.7. The summed E-state index contributed by atoms with van der Waals surface area (Å²) in [5.41, 5.74) is 7.04. The number of carbonyl (C=O) groups excluding carboxylic acids is 4. The molecule has 0 spiro atoms. The number of imidazole rings is 2. The molecule has 0 bridgehead atoms. The number of alkyl carbamates (subject to hydrolysis) is 2. The number of H-pyrrole nitrogens is 2. The molecule has 2 aliphatic rings. The molecule has 0 saturated carbocycles. The number of nitrogens with one attached hydrogen (secondary N) is 4. The molecule has 4 N–H and O–H groups in total. The summed E-state index contributed by atoms with van der Waals surface area (Å²) < 4.78 is 9.65. The summed E-state index contributed by atoms with van der Waals surface area (Å²) in [4.78, 5) is 72.0. The highest BCUT2D eigenvalue weighted by Gasteiger charge is 2.38. The number of amides is 4. The van der Waals surface area contributed by atoms with Crippen LogP contribution in [-0.4, -0.2) is 81.0 Å². The number of aromatic nitrogens is 4. The van der Waals surface area contributed by atoms with Crippen molar-refractivity contribution in [3.8, 4) is 22.5 Å². The summed E-state index contributed by atoms with van der Waals surface area (Å²) >= 11 is 0. The van der Waals surface area contributed by atoms with E-state index in [1.54, 1.807) is 22.2 Å². The Morgan fingerprint density at radius 2 is 0.984 bits per heavy atom. The Balaban J connectivity index is 0.893. The van der Waals surface area contributed by atoms with Crippen molar-refractivity contribution in [3.63, 3.8) is 0 Å². The predicted octanol–water partition coefficient (Wildman–Crippen LogP) is 8.16. The highest BCUT2D eigenvalue weighted by Crippen LogP contribution is 2.36. The van der Waals surface area contributed by atoms with Crippen molar-refractivity contribution in [1.82, 2.24) is 40.4 Å². The zero-order valence-electron chi connectivity index (χ0n) is 34.5. The second-order valence-electron chi connectivity index (χ2n) is 15.3. The molecule has 2 aliphatic heterocycles. The number of hydrogen-bond donors (Lipinski definition) is 4. The summed E-state index contributed by atoms with van der Waals surface area (Å²) in [6, 6.07) is 32.4. The van der Waals surface area contributed by atoms with Gasteiger partial charge in [-0.25, -0.2) is 19.6 Å². The molecule has 14 nitrogen and oxygen atoms in total. The van der Waals surface area contributed by atoms with Crippen LogP contribution in [0.4, 0.5) is 9.59 Å². The van der Waals surface area contributed by atoms with E-state index in [0.29, 0.717) is 35.9 Å². The first kappa shape index (κ1) is 41.3. The number of hydrogen-bond acceptors (Lipinski definition) is 8. The summed E-state index contributed by atoms with van der Waals surface area (Å²) in [7, 11) is 2.56. The third kappa shape index (κ3) is 9.14. The maximum Gasteiger partial charge on any atom is 0.407 e. The number of carbonyl (C=O) groups is 4. The molecule has 14 heteroatoms. The van der Waals surface area contributed by atoms with Gasteiger partial charge < -0.3 is 39.9 Å².